The first-order chi connectivity index (χ1) is 16.2. The molecule has 3 unspecified atom stereocenters. The van der Waals surface area contributed by atoms with Crippen molar-refractivity contribution in [1.29, 1.82) is 0 Å². The predicted octanol–water partition coefficient (Wildman–Crippen LogP) is 1.94. The first kappa shape index (κ1) is 24.9. The molecule has 2 aliphatic carbocycles. The Bertz CT molecular complexity index is 1010. The van der Waals surface area contributed by atoms with Crippen LogP contribution in [-0.2, 0) is 19.4 Å². The van der Waals surface area contributed by atoms with Crippen molar-refractivity contribution in [3.63, 3.8) is 0 Å². The third-order valence-electron chi connectivity index (χ3n) is 8.09. The van der Waals surface area contributed by atoms with E-state index in [1.807, 2.05) is 0 Å². The van der Waals surface area contributed by atoms with E-state index < -0.39 is 20.5 Å². The minimum Gasteiger partial charge on any atom is -0.490 e. The van der Waals surface area contributed by atoms with Crippen molar-refractivity contribution in [3.05, 3.63) is 24.3 Å². The molecule has 1 aromatic rings. The summed E-state index contributed by atoms with van der Waals surface area (Å²) in [5, 5.41) is 15.4. The lowest BCUT2D eigenvalue weighted by atomic mass is 9.77. The van der Waals surface area contributed by atoms with Crippen LogP contribution >= 0.6 is 0 Å². The maximum absolute atomic E-state index is 13.8. The molecule has 4 N–H and O–H groups in total. The molecule has 3 aliphatic rings. The minimum atomic E-state index is -4.06. The highest BCUT2D eigenvalue weighted by molar-refractivity contribution is 7.93. The van der Waals surface area contributed by atoms with Crippen LogP contribution in [0.4, 0.5) is 0 Å². The van der Waals surface area contributed by atoms with E-state index in [9.17, 15) is 23.2 Å². The molecule has 0 bridgehead atoms. The molecular formula is C24H35N3O6S. The number of hydrogen-bond acceptors (Lipinski definition) is 7. The Kier molecular flexibility index (Phi) is 7.21. The van der Waals surface area contributed by atoms with Crippen molar-refractivity contribution in [3.8, 4) is 5.75 Å². The van der Waals surface area contributed by atoms with Gasteiger partial charge in [-0.1, -0.05) is 0 Å². The lowest BCUT2D eigenvalue weighted by Gasteiger charge is -2.36. The summed E-state index contributed by atoms with van der Waals surface area (Å²) >= 11 is 0. The van der Waals surface area contributed by atoms with Gasteiger partial charge in [0.05, 0.1) is 11.0 Å². The average Bonchev–Trinajstić information content (AvgIpc) is 3.24. The van der Waals surface area contributed by atoms with Crippen molar-refractivity contribution in [2.24, 2.45) is 11.3 Å². The van der Waals surface area contributed by atoms with E-state index in [1.165, 1.54) is 12.1 Å². The number of nitrogens with one attached hydrogen (secondary N) is 3. The zero-order valence-electron chi connectivity index (χ0n) is 19.6. The Hall–Kier alpha value is -2.17. The molecule has 1 aromatic carbocycles. The lowest BCUT2D eigenvalue weighted by molar-refractivity contribution is -0.132. The van der Waals surface area contributed by atoms with Crippen LogP contribution in [0.3, 0.4) is 0 Å². The largest absolute Gasteiger partial charge is 0.490 e. The van der Waals surface area contributed by atoms with E-state index in [0.717, 1.165) is 45.2 Å². The fourth-order valence-corrected chi connectivity index (χ4v) is 8.19. The van der Waals surface area contributed by atoms with Crippen LogP contribution in [0.15, 0.2) is 29.2 Å². The topological polar surface area (TPSA) is 134 Å². The van der Waals surface area contributed by atoms with Gasteiger partial charge in [-0.25, -0.2) is 13.9 Å². The van der Waals surface area contributed by atoms with Crippen LogP contribution in [0, 0.1) is 11.3 Å². The maximum atomic E-state index is 13.8. The number of carbonyl (C=O) groups excluding carboxylic acids is 2. The predicted molar refractivity (Wildman–Crippen MR) is 125 cm³/mol. The lowest BCUT2D eigenvalue weighted by Crippen LogP contribution is -2.51. The van der Waals surface area contributed by atoms with Gasteiger partial charge in [0, 0.05) is 13.0 Å². The second-order valence-corrected chi connectivity index (χ2v) is 12.3. The molecule has 3 atom stereocenters. The molecule has 0 aromatic heterocycles. The average molecular weight is 494 g/mol. The van der Waals surface area contributed by atoms with Crippen LogP contribution in [-0.4, -0.2) is 56.4 Å². The van der Waals surface area contributed by atoms with E-state index in [-0.39, 0.29) is 41.1 Å². The number of hydrogen-bond donors (Lipinski definition) is 4. The van der Waals surface area contributed by atoms with Crippen molar-refractivity contribution >= 4 is 21.7 Å². The van der Waals surface area contributed by atoms with Gasteiger partial charge in [0.15, 0.2) is 14.6 Å². The fourth-order valence-electron chi connectivity index (χ4n) is 6.09. The smallest absolute Gasteiger partial charge is 0.265 e. The molecule has 2 saturated carbocycles. The maximum Gasteiger partial charge on any atom is 0.265 e. The highest BCUT2D eigenvalue weighted by atomic mass is 32.2. The molecule has 34 heavy (non-hydrogen) atoms. The molecule has 3 fully saturated rings. The number of benzene rings is 1. The summed E-state index contributed by atoms with van der Waals surface area (Å²) in [7, 11) is -2.43. The van der Waals surface area contributed by atoms with Crippen LogP contribution in [0.1, 0.15) is 57.8 Å². The van der Waals surface area contributed by atoms with Crippen molar-refractivity contribution in [2.45, 2.75) is 73.5 Å². The molecule has 1 heterocycles. The summed E-state index contributed by atoms with van der Waals surface area (Å²) in [4.78, 5) is 24.8. The Morgan fingerprint density at radius 1 is 1.09 bits per heavy atom. The summed E-state index contributed by atoms with van der Waals surface area (Å²) in [6.45, 7) is 1.59. The molecule has 1 spiro atoms. The van der Waals surface area contributed by atoms with E-state index in [0.29, 0.717) is 18.6 Å². The molecule has 1 saturated heterocycles. The summed E-state index contributed by atoms with van der Waals surface area (Å²) in [5.41, 5.74) is 1.43. The van der Waals surface area contributed by atoms with Crippen molar-refractivity contribution in [1.82, 2.24) is 16.1 Å². The van der Waals surface area contributed by atoms with Gasteiger partial charge in [-0.15, -0.1) is 0 Å². The fraction of sp³-hybridized carbons (Fsp3) is 0.667. The van der Waals surface area contributed by atoms with E-state index in [4.69, 9.17) is 4.74 Å². The number of rotatable bonds is 6. The second-order valence-electron chi connectivity index (χ2n) is 10.1. The Morgan fingerprint density at radius 2 is 1.79 bits per heavy atom. The second kappa shape index (κ2) is 9.83. The Morgan fingerprint density at radius 3 is 2.44 bits per heavy atom. The quantitative estimate of drug-likeness (QED) is 0.351. The molecule has 188 valence electrons. The van der Waals surface area contributed by atoms with Gasteiger partial charge in [0.1, 0.15) is 5.75 Å². The van der Waals surface area contributed by atoms with Gasteiger partial charge < -0.3 is 15.4 Å². The molecule has 2 amide bonds. The van der Waals surface area contributed by atoms with Gasteiger partial charge in [-0.3, -0.25) is 14.8 Å². The first-order valence-corrected chi connectivity index (χ1v) is 13.6. The molecule has 0 radical (unpaired) electrons. The Labute approximate surface area is 200 Å². The summed E-state index contributed by atoms with van der Waals surface area (Å²) in [6.07, 6.45) is 5.73. The van der Waals surface area contributed by atoms with Gasteiger partial charge in [-0.2, -0.15) is 0 Å². The normalized spacial score (nSPS) is 28.9. The number of sulfone groups is 1. The van der Waals surface area contributed by atoms with Crippen LogP contribution in [0.25, 0.3) is 0 Å². The third kappa shape index (κ3) is 4.55. The van der Waals surface area contributed by atoms with Gasteiger partial charge in [0.2, 0.25) is 5.91 Å². The van der Waals surface area contributed by atoms with Crippen LogP contribution in [0.5, 0.6) is 5.75 Å². The number of amides is 2. The first-order valence-electron chi connectivity index (χ1n) is 12.1. The zero-order valence-corrected chi connectivity index (χ0v) is 20.5. The number of hydroxylamine groups is 1. The molecule has 9 nitrogen and oxygen atoms in total. The number of carbonyl (C=O) groups is 2. The summed E-state index contributed by atoms with van der Waals surface area (Å²) < 4.78 is 31.9. The standard InChI is InChI=1S/C24H35N3O6S/c1-25-21(28)17-3-2-4-19(15-17)33-18-5-7-20(8-6-18)34(31,32)24(22(29)27-30)10-9-23(16-24)11-13-26-14-12-23/h5-8,17,19,26,30H,2-4,9-16H2,1H3,(H,25,28)(H,27,29). The SMILES string of the molecule is CNC(=O)C1CCCC(Oc2ccc(S(=O)(=O)C3(C(=O)NO)CCC4(CCNCC4)C3)cc2)C1. The van der Waals surface area contributed by atoms with Crippen LogP contribution < -0.4 is 20.9 Å². The monoisotopic (exact) mass is 493 g/mol. The minimum absolute atomic E-state index is 0.0188. The van der Waals surface area contributed by atoms with E-state index in [2.05, 4.69) is 10.6 Å². The Balaban J connectivity index is 1.52. The molecule has 4 rings (SSSR count). The van der Waals surface area contributed by atoms with Gasteiger partial charge in [0.25, 0.3) is 5.91 Å². The molecule has 1 aliphatic heterocycles. The molecule has 10 heteroatoms. The van der Waals surface area contributed by atoms with E-state index in [1.54, 1.807) is 24.7 Å². The highest BCUT2D eigenvalue weighted by Gasteiger charge is 2.60. The van der Waals surface area contributed by atoms with Gasteiger partial charge in [-0.05, 0) is 101 Å². The highest BCUT2D eigenvalue weighted by Crippen LogP contribution is 2.54. The van der Waals surface area contributed by atoms with E-state index >= 15 is 0 Å². The van der Waals surface area contributed by atoms with Crippen LogP contribution in [0.2, 0.25) is 0 Å². The number of piperidine rings is 1. The molecular weight excluding hydrogens is 458 g/mol. The third-order valence-corrected chi connectivity index (χ3v) is 10.5. The van der Waals surface area contributed by atoms with Crippen molar-refractivity contribution in [2.75, 3.05) is 20.1 Å². The van der Waals surface area contributed by atoms with Gasteiger partial charge >= 0.3 is 0 Å². The summed E-state index contributed by atoms with van der Waals surface area (Å²) in [5.74, 6) is -0.385. The number of ether oxygens (including phenoxy) is 1. The summed E-state index contributed by atoms with van der Waals surface area (Å²) in [6, 6.07) is 6.17. The van der Waals surface area contributed by atoms with Crippen molar-refractivity contribution < 1.29 is 28.0 Å². The zero-order chi connectivity index (χ0) is 24.4.